The zero-order chi connectivity index (χ0) is 15.2. The van der Waals surface area contributed by atoms with Gasteiger partial charge in [0.05, 0.1) is 17.7 Å². The summed E-state index contributed by atoms with van der Waals surface area (Å²) in [4.78, 5) is 25.7. The van der Waals surface area contributed by atoms with Crippen molar-refractivity contribution in [1.29, 1.82) is 0 Å². The zero-order valence-electron chi connectivity index (χ0n) is 12.2. The summed E-state index contributed by atoms with van der Waals surface area (Å²) in [5.41, 5.74) is 1.97. The highest BCUT2D eigenvalue weighted by molar-refractivity contribution is 6.03. The van der Waals surface area contributed by atoms with Gasteiger partial charge in [-0.1, -0.05) is 42.5 Å². The van der Waals surface area contributed by atoms with E-state index < -0.39 is 0 Å². The first-order valence-electron chi connectivity index (χ1n) is 6.72. The van der Waals surface area contributed by atoms with Gasteiger partial charge in [0.2, 0.25) is 5.91 Å². The molecular weight excluding hydrogens is 264 g/mol. The SMILES string of the molecule is CN(C)C(=O)c1ccccc1NC(=O)Cc1ccccc1. The number of para-hydroxylation sites is 1. The van der Waals surface area contributed by atoms with E-state index in [0.29, 0.717) is 11.3 Å². The van der Waals surface area contributed by atoms with E-state index >= 15 is 0 Å². The van der Waals surface area contributed by atoms with Crippen LogP contribution in [0, 0.1) is 0 Å². The normalized spacial score (nSPS) is 10.0. The Morgan fingerprint density at radius 1 is 0.952 bits per heavy atom. The smallest absolute Gasteiger partial charge is 0.255 e. The van der Waals surface area contributed by atoms with Crippen LogP contribution in [0.5, 0.6) is 0 Å². The summed E-state index contributed by atoms with van der Waals surface area (Å²) in [7, 11) is 3.37. The lowest BCUT2D eigenvalue weighted by molar-refractivity contribution is -0.115. The van der Waals surface area contributed by atoms with Gasteiger partial charge in [0.1, 0.15) is 0 Å². The maximum atomic E-state index is 12.1. The van der Waals surface area contributed by atoms with Gasteiger partial charge in [0, 0.05) is 14.1 Å². The number of carbonyl (C=O) groups excluding carboxylic acids is 2. The third-order valence-corrected chi connectivity index (χ3v) is 3.05. The Morgan fingerprint density at radius 3 is 2.24 bits per heavy atom. The van der Waals surface area contributed by atoms with Crippen molar-refractivity contribution in [1.82, 2.24) is 4.90 Å². The molecule has 2 rings (SSSR count). The third-order valence-electron chi connectivity index (χ3n) is 3.05. The van der Waals surface area contributed by atoms with Gasteiger partial charge < -0.3 is 10.2 Å². The summed E-state index contributed by atoms with van der Waals surface area (Å²) in [5, 5.41) is 2.81. The number of rotatable bonds is 4. The lowest BCUT2D eigenvalue weighted by atomic mass is 10.1. The minimum absolute atomic E-state index is 0.134. The molecule has 2 aromatic rings. The number of anilines is 1. The molecular formula is C17H18N2O2. The Morgan fingerprint density at radius 2 is 1.57 bits per heavy atom. The van der Waals surface area contributed by atoms with Gasteiger partial charge in [-0.2, -0.15) is 0 Å². The molecule has 2 amide bonds. The number of nitrogens with one attached hydrogen (secondary N) is 1. The fourth-order valence-electron chi connectivity index (χ4n) is 2.00. The van der Waals surface area contributed by atoms with Crippen molar-refractivity contribution in [3.8, 4) is 0 Å². The van der Waals surface area contributed by atoms with Crippen molar-refractivity contribution in [3.05, 3.63) is 65.7 Å². The molecule has 4 nitrogen and oxygen atoms in total. The summed E-state index contributed by atoms with van der Waals surface area (Å²) in [6, 6.07) is 16.5. The highest BCUT2D eigenvalue weighted by Crippen LogP contribution is 2.17. The van der Waals surface area contributed by atoms with Crippen molar-refractivity contribution in [2.24, 2.45) is 0 Å². The van der Waals surface area contributed by atoms with Crippen LogP contribution in [0.1, 0.15) is 15.9 Å². The molecule has 0 aliphatic rings. The van der Waals surface area contributed by atoms with Gasteiger partial charge >= 0.3 is 0 Å². The Labute approximate surface area is 124 Å². The van der Waals surface area contributed by atoms with Crippen molar-refractivity contribution in [2.45, 2.75) is 6.42 Å². The summed E-state index contributed by atoms with van der Waals surface area (Å²) >= 11 is 0. The van der Waals surface area contributed by atoms with Crippen LogP contribution in [0.15, 0.2) is 54.6 Å². The third kappa shape index (κ3) is 3.92. The second kappa shape index (κ2) is 6.70. The lowest BCUT2D eigenvalue weighted by Gasteiger charge is -2.14. The number of hydrogen-bond donors (Lipinski definition) is 1. The molecule has 0 bridgehead atoms. The number of carbonyl (C=O) groups is 2. The average Bonchev–Trinajstić information content (AvgIpc) is 2.48. The van der Waals surface area contributed by atoms with Gasteiger partial charge in [-0.3, -0.25) is 9.59 Å². The van der Waals surface area contributed by atoms with Gasteiger partial charge in [0.15, 0.2) is 0 Å². The second-order valence-electron chi connectivity index (χ2n) is 4.96. The van der Waals surface area contributed by atoms with Crippen molar-refractivity contribution in [2.75, 3.05) is 19.4 Å². The molecule has 0 aliphatic carbocycles. The minimum atomic E-state index is -0.139. The standard InChI is InChI=1S/C17H18N2O2/c1-19(2)17(21)14-10-6-7-11-15(14)18-16(20)12-13-8-4-3-5-9-13/h3-11H,12H2,1-2H3,(H,18,20). The summed E-state index contributed by atoms with van der Waals surface area (Å²) < 4.78 is 0. The first kappa shape index (κ1) is 14.8. The molecule has 0 atom stereocenters. The van der Waals surface area contributed by atoms with E-state index in [1.165, 1.54) is 4.90 Å². The maximum absolute atomic E-state index is 12.1. The molecule has 1 N–H and O–H groups in total. The van der Waals surface area contributed by atoms with E-state index in [-0.39, 0.29) is 18.2 Å². The molecule has 4 heteroatoms. The molecule has 0 unspecified atom stereocenters. The molecule has 0 saturated heterocycles. The van der Waals surface area contributed by atoms with E-state index in [1.807, 2.05) is 30.3 Å². The predicted octanol–water partition coefficient (Wildman–Crippen LogP) is 2.57. The van der Waals surface area contributed by atoms with Crippen LogP contribution in [0.4, 0.5) is 5.69 Å². The predicted molar refractivity (Wildman–Crippen MR) is 83.2 cm³/mol. The highest BCUT2D eigenvalue weighted by Gasteiger charge is 2.14. The number of amides is 2. The second-order valence-corrected chi connectivity index (χ2v) is 4.96. The van der Waals surface area contributed by atoms with Crippen LogP contribution in [-0.4, -0.2) is 30.8 Å². The monoisotopic (exact) mass is 282 g/mol. The van der Waals surface area contributed by atoms with Crippen LogP contribution < -0.4 is 5.32 Å². The average molecular weight is 282 g/mol. The molecule has 0 saturated carbocycles. The molecule has 0 spiro atoms. The van der Waals surface area contributed by atoms with Crippen LogP contribution >= 0.6 is 0 Å². The fraction of sp³-hybridized carbons (Fsp3) is 0.176. The molecule has 0 radical (unpaired) electrons. The Kier molecular flexibility index (Phi) is 4.72. The van der Waals surface area contributed by atoms with E-state index in [2.05, 4.69) is 5.32 Å². The molecule has 0 aromatic heterocycles. The van der Waals surface area contributed by atoms with Gasteiger partial charge in [-0.15, -0.1) is 0 Å². The molecule has 0 fully saturated rings. The lowest BCUT2D eigenvalue weighted by Crippen LogP contribution is -2.24. The van der Waals surface area contributed by atoms with E-state index in [4.69, 9.17) is 0 Å². The van der Waals surface area contributed by atoms with Gasteiger partial charge in [-0.25, -0.2) is 0 Å². The van der Waals surface area contributed by atoms with E-state index in [1.54, 1.807) is 38.4 Å². The first-order valence-corrected chi connectivity index (χ1v) is 6.72. The maximum Gasteiger partial charge on any atom is 0.255 e. The molecule has 0 aliphatic heterocycles. The number of benzene rings is 2. The Hall–Kier alpha value is -2.62. The molecule has 108 valence electrons. The van der Waals surface area contributed by atoms with Crippen LogP contribution in [0.2, 0.25) is 0 Å². The zero-order valence-corrected chi connectivity index (χ0v) is 12.2. The number of nitrogens with zero attached hydrogens (tertiary/aromatic N) is 1. The highest BCUT2D eigenvalue weighted by atomic mass is 16.2. The summed E-state index contributed by atoms with van der Waals surface area (Å²) in [5.74, 6) is -0.272. The van der Waals surface area contributed by atoms with Crippen molar-refractivity contribution >= 4 is 17.5 Å². The topological polar surface area (TPSA) is 49.4 Å². The Bertz CT molecular complexity index is 636. The van der Waals surface area contributed by atoms with Gasteiger partial charge in [-0.05, 0) is 17.7 Å². The van der Waals surface area contributed by atoms with Gasteiger partial charge in [0.25, 0.3) is 5.91 Å². The minimum Gasteiger partial charge on any atom is -0.345 e. The Balaban J connectivity index is 2.13. The molecule has 2 aromatic carbocycles. The van der Waals surface area contributed by atoms with E-state index in [0.717, 1.165) is 5.56 Å². The van der Waals surface area contributed by atoms with Crippen molar-refractivity contribution in [3.63, 3.8) is 0 Å². The quantitative estimate of drug-likeness (QED) is 0.937. The fourth-order valence-corrected chi connectivity index (χ4v) is 2.00. The summed E-state index contributed by atoms with van der Waals surface area (Å²) in [6.45, 7) is 0. The number of hydrogen-bond acceptors (Lipinski definition) is 2. The van der Waals surface area contributed by atoms with Crippen LogP contribution in [0.25, 0.3) is 0 Å². The van der Waals surface area contributed by atoms with Crippen LogP contribution in [0.3, 0.4) is 0 Å². The first-order chi connectivity index (χ1) is 10.1. The molecule has 21 heavy (non-hydrogen) atoms. The van der Waals surface area contributed by atoms with E-state index in [9.17, 15) is 9.59 Å². The summed E-state index contributed by atoms with van der Waals surface area (Å²) in [6.07, 6.45) is 0.283. The van der Waals surface area contributed by atoms with Crippen LogP contribution in [-0.2, 0) is 11.2 Å². The largest absolute Gasteiger partial charge is 0.345 e. The molecule has 0 heterocycles. The van der Waals surface area contributed by atoms with Crippen molar-refractivity contribution < 1.29 is 9.59 Å².